The summed E-state index contributed by atoms with van der Waals surface area (Å²) >= 11 is 1.84. The second-order valence-electron chi connectivity index (χ2n) is 36.8. The second-order valence-corrected chi connectivity index (χ2v) is 38.0. The highest BCUT2D eigenvalue weighted by atomic mass is 32.1. The third-order valence-corrected chi connectivity index (χ3v) is 15.9. The zero-order chi connectivity index (χ0) is 69.5. The van der Waals surface area contributed by atoms with Gasteiger partial charge in [0, 0.05) is 72.6 Å². The Morgan fingerprint density at radius 2 is 0.759 bits per heavy atom. The Morgan fingerprint density at radius 1 is 0.333 bits per heavy atom. The highest BCUT2D eigenvalue weighted by molar-refractivity contribution is 7.11. The van der Waals surface area contributed by atoms with Crippen LogP contribution in [-0.4, -0.2) is 63.9 Å². The molecule has 0 aromatic carbocycles. The number of nitrogens with zero attached hydrogens (tertiary/aromatic N) is 13. The van der Waals surface area contributed by atoms with Crippen LogP contribution in [0.25, 0.3) is 0 Å². The monoisotopic (exact) mass is 1230 g/mol. The molecule has 498 valence electrons. The van der Waals surface area contributed by atoms with Gasteiger partial charge in [-0.25, -0.2) is 24.3 Å². The van der Waals surface area contributed by atoms with E-state index in [1.165, 1.54) is 61.0 Å². The Labute approximate surface area is 539 Å². The number of rotatable bonds is 0. The van der Waals surface area contributed by atoms with Crippen molar-refractivity contribution >= 4 is 11.3 Å². The van der Waals surface area contributed by atoms with Crippen LogP contribution in [0.3, 0.4) is 0 Å². The fraction of sp³-hybridized carbons (Fsp3) is 0.781. The molecule has 0 radical (unpaired) electrons. The molecule has 0 saturated heterocycles. The summed E-state index contributed by atoms with van der Waals surface area (Å²) in [6.45, 7) is 96.3. The van der Waals surface area contributed by atoms with Crippen molar-refractivity contribution in [2.24, 2.45) is 7.05 Å². The third kappa shape index (κ3) is 22.2. The van der Waals surface area contributed by atoms with Crippen molar-refractivity contribution in [3.05, 3.63) is 89.7 Å². The molecule has 0 fully saturated rings. The third-order valence-electron chi connectivity index (χ3n) is 14.5. The van der Waals surface area contributed by atoms with E-state index < -0.39 is 0 Å². The zero-order valence-corrected chi connectivity index (χ0v) is 66.0. The van der Waals surface area contributed by atoms with Crippen LogP contribution in [0.4, 0.5) is 0 Å². The summed E-state index contributed by atoms with van der Waals surface area (Å²) in [6, 6.07) is 0. The lowest BCUT2D eigenvalue weighted by molar-refractivity contribution is 0.316. The van der Waals surface area contributed by atoms with Crippen molar-refractivity contribution in [1.29, 1.82) is 0 Å². The lowest BCUT2D eigenvalue weighted by Gasteiger charge is -2.30. The molecular formula is C73H135N13S. The van der Waals surface area contributed by atoms with Crippen LogP contribution in [0, 0.1) is 55.4 Å². The molecule has 6 aromatic heterocycles. The van der Waals surface area contributed by atoms with Gasteiger partial charge in [-0.15, -0.1) is 16.4 Å². The minimum absolute atomic E-state index is 0.00384. The molecule has 13 nitrogen and oxygen atoms in total. The highest BCUT2D eigenvalue weighted by Crippen LogP contribution is 2.39. The second kappa shape index (κ2) is 27.2. The van der Waals surface area contributed by atoms with Crippen molar-refractivity contribution in [1.82, 2.24) is 63.9 Å². The van der Waals surface area contributed by atoms with Crippen LogP contribution in [-0.2, 0) is 72.5 Å². The van der Waals surface area contributed by atoms with E-state index in [9.17, 15) is 0 Å². The highest BCUT2D eigenvalue weighted by Gasteiger charge is 2.34. The average molecular weight is 1230 g/mol. The van der Waals surface area contributed by atoms with Gasteiger partial charge < -0.3 is 4.57 Å². The van der Waals surface area contributed by atoms with Crippen molar-refractivity contribution in [3.8, 4) is 0 Å². The molecule has 0 bridgehead atoms. The van der Waals surface area contributed by atoms with Gasteiger partial charge in [-0.3, -0.25) is 9.36 Å². The summed E-state index contributed by atoms with van der Waals surface area (Å²) < 4.78 is 10.6. The van der Waals surface area contributed by atoms with Gasteiger partial charge in [0.1, 0.15) is 17.5 Å². The largest absolute Gasteiger partial charge is 0.326 e. The molecule has 6 aromatic rings. The maximum Gasteiger partial charge on any atom is 0.147 e. The molecule has 0 aliphatic rings. The van der Waals surface area contributed by atoms with Crippen LogP contribution in [0.5, 0.6) is 0 Å². The van der Waals surface area contributed by atoms with Crippen molar-refractivity contribution in [2.45, 2.75) is 370 Å². The van der Waals surface area contributed by atoms with E-state index in [0.29, 0.717) is 0 Å². The molecular weight excluding hydrogens is 1090 g/mol. The van der Waals surface area contributed by atoms with E-state index >= 15 is 0 Å². The SMILES string of the molecule is Cc1c(C(C)(C)C)c(C(C)(C)C)nn1C.Cc1nc(C(C)(C)C)c(C(C)(C)C)s1.Cc1nc(C(C)(C)C)n(C(C)(C)C)c1C.Cc1nc(C(C)(C)C)n(C(C)(C)C)n1.Cc1nn(C(C)(C)C)c(C(C)(C)C)c1C.Cc1nnn(C(C)(C)C)c1C(C)(C)C. The molecule has 0 saturated carbocycles. The summed E-state index contributed by atoms with van der Waals surface area (Å²) in [6.07, 6.45) is 0. The van der Waals surface area contributed by atoms with Crippen LogP contribution in [0.15, 0.2) is 0 Å². The van der Waals surface area contributed by atoms with Crippen molar-refractivity contribution < 1.29 is 0 Å². The van der Waals surface area contributed by atoms with Gasteiger partial charge in [-0.05, 0) is 155 Å². The van der Waals surface area contributed by atoms with Gasteiger partial charge in [0.25, 0.3) is 0 Å². The molecule has 0 unspecified atom stereocenters. The number of hydrogen-bond donors (Lipinski definition) is 0. The number of hydrogen-bond acceptors (Lipinski definition) is 9. The summed E-state index contributed by atoms with van der Waals surface area (Å²) in [5.41, 5.74) is 15.0. The van der Waals surface area contributed by atoms with Crippen LogP contribution in [0.2, 0.25) is 0 Å². The molecule has 0 aliphatic heterocycles. The van der Waals surface area contributed by atoms with Crippen LogP contribution < -0.4 is 0 Å². The topological polar surface area (TPSA) is 128 Å². The Kier molecular flexibility index (Phi) is 25.2. The minimum atomic E-state index is 0.00384. The number of imidazole rings is 1. The first-order valence-corrected chi connectivity index (χ1v) is 32.9. The molecule has 0 N–H and O–H groups in total. The van der Waals surface area contributed by atoms with Gasteiger partial charge in [-0.2, -0.15) is 15.3 Å². The molecule has 6 rings (SSSR count). The van der Waals surface area contributed by atoms with E-state index in [0.717, 1.165) is 28.7 Å². The molecule has 87 heavy (non-hydrogen) atoms. The van der Waals surface area contributed by atoms with Gasteiger partial charge in [0.05, 0.1) is 55.8 Å². The number of aryl methyl sites for hydroxylation is 6. The van der Waals surface area contributed by atoms with Gasteiger partial charge >= 0.3 is 0 Å². The van der Waals surface area contributed by atoms with E-state index in [1.54, 1.807) is 0 Å². The Bertz CT molecular complexity index is 2830. The molecule has 0 spiro atoms. The van der Waals surface area contributed by atoms with E-state index in [2.05, 4.69) is 336 Å². The summed E-state index contributed by atoms with van der Waals surface area (Å²) in [7, 11) is 2.03. The predicted molar refractivity (Wildman–Crippen MR) is 377 cm³/mol. The van der Waals surface area contributed by atoms with Crippen LogP contribution in [0.1, 0.15) is 339 Å². The molecule has 6 heterocycles. The van der Waals surface area contributed by atoms with Gasteiger partial charge in [-0.1, -0.05) is 171 Å². The standard InChI is InChI=1S/3C13H24N2.C12H21NS.2C11H21N3/c1-9-10(12(2,3)4)11(13(5,6)7)14-15(9)8;1-9-10(2)15(13(6,7)8)11(14-9)12(3,4)5;1-9-10(2)14-15(13(6,7)8)11(9)12(3,4)5;1-8-13-9(11(2,3)4)10(14-8)12(5,6)7;1-8-12-9(10(2,3)4)14(13-8)11(5,6)7;1-8-9(10(2,3)4)14(13-12-8)11(5,6)7/h3*1-8H3;3*1-7H3. The number of thiazole rings is 1. The van der Waals surface area contributed by atoms with Gasteiger partial charge in [0.15, 0.2) is 0 Å². The Balaban J connectivity index is 0.000000522. The number of aromatic nitrogens is 13. The predicted octanol–water partition coefficient (Wildman–Crippen LogP) is 19.8. The fourth-order valence-corrected chi connectivity index (χ4v) is 11.6. The molecule has 0 aliphatic carbocycles. The van der Waals surface area contributed by atoms with Crippen molar-refractivity contribution in [3.63, 3.8) is 0 Å². The summed E-state index contributed by atoms with van der Waals surface area (Å²) in [5.74, 6) is 3.09. The maximum atomic E-state index is 4.71. The Hall–Kier alpha value is -4.46. The molecule has 0 amide bonds. The van der Waals surface area contributed by atoms with Crippen LogP contribution >= 0.6 is 11.3 Å². The fourth-order valence-electron chi connectivity index (χ4n) is 10.4. The summed E-state index contributed by atoms with van der Waals surface area (Å²) in [5, 5.41) is 23.3. The first-order chi connectivity index (χ1) is 38.0. The van der Waals surface area contributed by atoms with E-state index in [4.69, 9.17) is 4.98 Å². The van der Waals surface area contributed by atoms with E-state index in [1.807, 2.05) is 46.3 Å². The lowest BCUT2D eigenvalue weighted by atomic mass is 9.78. The normalized spacial score (nSPS) is 13.3. The molecule has 14 heteroatoms. The minimum Gasteiger partial charge on any atom is -0.326 e. The quantitative estimate of drug-likeness (QED) is 0.147. The molecule has 0 atom stereocenters. The van der Waals surface area contributed by atoms with E-state index in [-0.39, 0.29) is 65.5 Å². The first kappa shape index (κ1) is 80.6. The van der Waals surface area contributed by atoms with Gasteiger partial charge in [0.2, 0.25) is 0 Å². The maximum absolute atomic E-state index is 4.71. The smallest absolute Gasteiger partial charge is 0.147 e. The zero-order valence-electron chi connectivity index (χ0n) is 65.2. The summed E-state index contributed by atoms with van der Waals surface area (Å²) in [4.78, 5) is 15.3. The first-order valence-electron chi connectivity index (χ1n) is 32.1. The van der Waals surface area contributed by atoms with Crippen molar-refractivity contribution in [2.75, 3.05) is 0 Å². The Morgan fingerprint density at radius 3 is 1.03 bits per heavy atom. The lowest BCUT2D eigenvalue weighted by Crippen LogP contribution is -2.30. The average Bonchev–Trinajstić information content (AvgIpc) is 3.56.